The number of nitrogens with zero attached hydrogens (tertiary/aromatic N) is 3. The Bertz CT molecular complexity index is 1140. The van der Waals surface area contributed by atoms with Crippen LogP contribution in [0, 0.1) is 5.82 Å². The molecule has 180 valence electrons. The monoisotopic (exact) mass is 485 g/mol. The molecule has 9 heteroatoms. The first kappa shape index (κ1) is 23.1. The Hall–Kier alpha value is -2.68. The number of likely N-dealkylation sites (tertiary alicyclic amines) is 1. The SMILES string of the molecule is Fc1c(Cl)cccc1Nc1ncnc2cc(OC3CCNCC3)c(OCCN3CCCC3)cc12. The second-order valence-corrected chi connectivity index (χ2v) is 9.14. The van der Waals surface area contributed by atoms with E-state index < -0.39 is 5.82 Å². The number of halogens is 2. The van der Waals surface area contributed by atoms with Gasteiger partial charge in [0, 0.05) is 18.0 Å². The molecule has 0 aliphatic carbocycles. The van der Waals surface area contributed by atoms with Crippen molar-refractivity contribution in [2.45, 2.75) is 31.8 Å². The molecule has 0 radical (unpaired) electrons. The number of rotatable bonds is 8. The molecule has 0 saturated carbocycles. The number of anilines is 2. The van der Waals surface area contributed by atoms with Gasteiger partial charge in [-0.1, -0.05) is 17.7 Å². The second-order valence-electron chi connectivity index (χ2n) is 8.73. The number of piperidine rings is 1. The highest BCUT2D eigenvalue weighted by Crippen LogP contribution is 2.37. The quantitative estimate of drug-likeness (QED) is 0.476. The van der Waals surface area contributed by atoms with Crippen LogP contribution >= 0.6 is 11.6 Å². The lowest BCUT2D eigenvalue weighted by Gasteiger charge is -2.25. The van der Waals surface area contributed by atoms with E-state index in [1.807, 2.05) is 12.1 Å². The highest BCUT2D eigenvalue weighted by molar-refractivity contribution is 6.31. The van der Waals surface area contributed by atoms with Crippen molar-refractivity contribution in [3.63, 3.8) is 0 Å². The zero-order valence-electron chi connectivity index (χ0n) is 19.0. The highest BCUT2D eigenvalue weighted by Gasteiger charge is 2.20. The van der Waals surface area contributed by atoms with Crippen molar-refractivity contribution in [2.75, 3.05) is 44.6 Å². The summed E-state index contributed by atoms with van der Waals surface area (Å²) in [5.74, 6) is 1.28. The molecule has 2 aliphatic rings. The summed E-state index contributed by atoms with van der Waals surface area (Å²) >= 11 is 5.96. The number of aromatic nitrogens is 2. The summed E-state index contributed by atoms with van der Waals surface area (Å²) in [6, 6.07) is 8.60. The first-order chi connectivity index (χ1) is 16.7. The molecule has 3 heterocycles. The Labute approximate surface area is 203 Å². The van der Waals surface area contributed by atoms with Gasteiger partial charge in [0.2, 0.25) is 0 Å². The van der Waals surface area contributed by atoms with Gasteiger partial charge in [-0.05, 0) is 70.1 Å². The van der Waals surface area contributed by atoms with Crippen molar-refractivity contribution in [1.29, 1.82) is 0 Å². The lowest BCUT2D eigenvalue weighted by Crippen LogP contribution is -2.34. The van der Waals surface area contributed by atoms with Crippen LogP contribution in [0.1, 0.15) is 25.7 Å². The Balaban J connectivity index is 1.45. The number of hydrogen-bond donors (Lipinski definition) is 2. The smallest absolute Gasteiger partial charge is 0.165 e. The van der Waals surface area contributed by atoms with Gasteiger partial charge >= 0.3 is 0 Å². The van der Waals surface area contributed by atoms with Gasteiger partial charge in [-0.3, -0.25) is 4.90 Å². The minimum Gasteiger partial charge on any atom is -0.488 e. The van der Waals surface area contributed by atoms with E-state index in [2.05, 4.69) is 25.5 Å². The van der Waals surface area contributed by atoms with Gasteiger partial charge in [0.1, 0.15) is 24.9 Å². The lowest BCUT2D eigenvalue weighted by molar-refractivity contribution is 0.152. The van der Waals surface area contributed by atoms with Crippen LogP contribution < -0.4 is 20.1 Å². The molecule has 0 atom stereocenters. The van der Waals surface area contributed by atoms with Crippen molar-refractivity contribution >= 4 is 34.0 Å². The standard InChI is InChI=1S/C25H29ClFN5O2/c26-19-4-3-5-20(24(19)27)31-25-18-14-22(33-13-12-32-10-1-2-11-32)23(15-21(18)29-16-30-25)34-17-6-8-28-9-7-17/h3-5,14-17,28H,1-2,6-13H2,(H,29,30,31). The summed E-state index contributed by atoms with van der Waals surface area (Å²) in [6.45, 7) is 5.54. The van der Waals surface area contributed by atoms with Crippen LogP contribution in [-0.2, 0) is 0 Å². The summed E-state index contributed by atoms with van der Waals surface area (Å²) in [4.78, 5) is 11.2. The van der Waals surface area contributed by atoms with Crippen LogP contribution in [0.4, 0.5) is 15.9 Å². The van der Waals surface area contributed by atoms with Crippen molar-refractivity contribution < 1.29 is 13.9 Å². The topological polar surface area (TPSA) is 71.5 Å². The molecule has 0 spiro atoms. The third-order valence-electron chi connectivity index (χ3n) is 6.35. The number of fused-ring (bicyclic) bond motifs is 1. The average Bonchev–Trinajstić information content (AvgIpc) is 3.37. The molecule has 5 rings (SSSR count). The summed E-state index contributed by atoms with van der Waals surface area (Å²) < 4.78 is 27.1. The van der Waals surface area contributed by atoms with Crippen LogP contribution in [-0.4, -0.2) is 60.3 Å². The van der Waals surface area contributed by atoms with Gasteiger partial charge in [0.15, 0.2) is 17.3 Å². The highest BCUT2D eigenvalue weighted by atomic mass is 35.5. The van der Waals surface area contributed by atoms with E-state index in [4.69, 9.17) is 21.1 Å². The fraction of sp³-hybridized carbons (Fsp3) is 0.440. The predicted molar refractivity (Wildman–Crippen MR) is 132 cm³/mol. The third-order valence-corrected chi connectivity index (χ3v) is 6.64. The van der Waals surface area contributed by atoms with Crippen LogP contribution in [0.25, 0.3) is 10.9 Å². The van der Waals surface area contributed by atoms with Gasteiger partial charge in [-0.2, -0.15) is 0 Å². The van der Waals surface area contributed by atoms with E-state index in [-0.39, 0.29) is 16.8 Å². The number of benzene rings is 2. The molecule has 2 saturated heterocycles. The zero-order chi connectivity index (χ0) is 23.3. The molecule has 2 N–H and O–H groups in total. The Morgan fingerprint density at radius 1 is 1.12 bits per heavy atom. The van der Waals surface area contributed by atoms with Gasteiger partial charge in [-0.25, -0.2) is 14.4 Å². The maximum Gasteiger partial charge on any atom is 0.165 e. The van der Waals surface area contributed by atoms with E-state index in [1.54, 1.807) is 12.1 Å². The van der Waals surface area contributed by atoms with Crippen LogP contribution in [0.2, 0.25) is 5.02 Å². The summed E-state index contributed by atoms with van der Waals surface area (Å²) in [6.07, 6.45) is 5.94. The molecular formula is C25H29ClFN5O2. The molecule has 34 heavy (non-hydrogen) atoms. The summed E-state index contributed by atoms with van der Waals surface area (Å²) in [7, 11) is 0. The Morgan fingerprint density at radius 3 is 2.76 bits per heavy atom. The van der Waals surface area contributed by atoms with Gasteiger partial charge in [0.25, 0.3) is 0 Å². The molecule has 0 bridgehead atoms. The lowest BCUT2D eigenvalue weighted by atomic mass is 10.1. The minimum atomic E-state index is -0.524. The van der Waals surface area contributed by atoms with Crippen LogP contribution in [0.3, 0.4) is 0 Å². The van der Waals surface area contributed by atoms with E-state index in [9.17, 15) is 4.39 Å². The van der Waals surface area contributed by atoms with Gasteiger partial charge in [-0.15, -0.1) is 0 Å². The Morgan fingerprint density at radius 2 is 1.94 bits per heavy atom. The van der Waals surface area contributed by atoms with Gasteiger partial charge < -0.3 is 20.1 Å². The summed E-state index contributed by atoms with van der Waals surface area (Å²) in [5.41, 5.74) is 0.940. The molecule has 2 aromatic carbocycles. The van der Waals surface area contributed by atoms with Gasteiger partial charge in [0.05, 0.1) is 16.2 Å². The molecular weight excluding hydrogens is 457 g/mol. The first-order valence-corrected chi connectivity index (χ1v) is 12.3. The van der Waals surface area contributed by atoms with E-state index in [1.165, 1.54) is 25.2 Å². The van der Waals surface area contributed by atoms with E-state index >= 15 is 0 Å². The number of nitrogens with one attached hydrogen (secondary N) is 2. The zero-order valence-corrected chi connectivity index (χ0v) is 19.8. The molecule has 2 fully saturated rings. The molecule has 7 nitrogen and oxygen atoms in total. The fourth-order valence-electron chi connectivity index (χ4n) is 4.48. The predicted octanol–water partition coefficient (Wildman–Crippen LogP) is 4.77. The molecule has 1 aromatic heterocycles. The van der Waals surface area contributed by atoms with Crippen molar-refractivity contribution in [1.82, 2.24) is 20.2 Å². The molecule has 2 aliphatic heterocycles. The fourth-order valence-corrected chi connectivity index (χ4v) is 4.65. The first-order valence-electron chi connectivity index (χ1n) is 11.9. The van der Waals surface area contributed by atoms with Crippen molar-refractivity contribution in [3.05, 3.63) is 47.5 Å². The molecule has 0 unspecified atom stereocenters. The molecule has 0 amide bonds. The number of hydrogen-bond acceptors (Lipinski definition) is 7. The number of ether oxygens (including phenoxy) is 2. The largest absolute Gasteiger partial charge is 0.488 e. The summed E-state index contributed by atoms with van der Waals surface area (Å²) in [5, 5.41) is 7.19. The van der Waals surface area contributed by atoms with E-state index in [0.717, 1.165) is 51.0 Å². The maximum atomic E-state index is 14.5. The van der Waals surface area contributed by atoms with E-state index in [0.29, 0.717) is 29.4 Å². The minimum absolute atomic E-state index is 0.0481. The van der Waals surface area contributed by atoms with Crippen molar-refractivity contribution in [3.8, 4) is 11.5 Å². The maximum absolute atomic E-state index is 14.5. The van der Waals surface area contributed by atoms with Crippen LogP contribution in [0.15, 0.2) is 36.7 Å². The second kappa shape index (κ2) is 10.7. The van der Waals surface area contributed by atoms with Crippen LogP contribution in [0.5, 0.6) is 11.5 Å². The van der Waals surface area contributed by atoms with Crippen molar-refractivity contribution in [2.24, 2.45) is 0 Å². The third kappa shape index (κ3) is 5.35. The Kier molecular flexibility index (Phi) is 7.27. The molecule has 3 aromatic rings. The average molecular weight is 486 g/mol. The normalized spacial score (nSPS) is 17.2.